The molecule has 94 valence electrons. The molecule has 0 bridgehead atoms. The molecular formula is C16H18O2. The summed E-state index contributed by atoms with van der Waals surface area (Å²) in [6.45, 7) is 4.34. The van der Waals surface area contributed by atoms with Crippen molar-refractivity contribution in [3.05, 3.63) is 47.7 Å². The normalized spacial score (nSPS) is 21.6. The lowest BCUT2D eigenvalue weighted by molar-refractivity contribution is 0.0934. The smallest absolute Gasteiger partial charge is 0.134 e. The van der Waals surface area contributed by atoms with Crippen LogP contribution < -0.4 is 0 Å². The van der Waals surface area contributed by atoms with E-state index in [1.165, 1.54) is 0 Å². The Morgan fingerprint density at radius 3 is 2.67 bits per heavy atom. The van der Waals surface area contributed by atoms with Gasteiger partial charge in [0.2, 0.25) is 0 Å². The highest BCUT2D eigenvalue weighted by Crippen LogP contribution is 2.43. The summed E-state index contributed by atoms with van der Waals surface area (Å²) >= 11 is 0. The highest BCUT2D eigenvalue weighted by atomic mass is 16.3. The van der Waals surface area contributed by atoms with Crippen molar-refractivity contribution in [3.8, 4) is 11.3 Å². The zero-order valence-electron chi connectivity index (χ0n) is 10.8. The second-order valence-corrected chi connectivity index (χ2v) is 5.92. The van der Waals surface area contributed by atoms with Crippen LogP contribution in [0.2, 0.25) is 0 Å². The lowest BCUT2D eigenvalue weighted by Crippen LogP contribution is -2.24. The van der Waals surface area contributed by atoms with Crippen molar-refractivity contribution in [2.24, 2.45) is 5.41 Å². The van der Waals surface area contributed by atoms with Crippen LogP contribution in [0.25, 0.3) is 11.3 Å². The molecule has 1 aliphatic rings. The average Bonchev–Trinajstić information content (AvgIpc) is 2.72. The first-order valence-corrected chi connectivity index (χ1v) is 6.41. The summed E-state index contributed by atoms with van der Waals surface area (Å²) in [5.41, 5.74) is 2.14. The van der Waals surface area contributed by atoms with Crippen LogP contribution >= 0.6 is 0 Å². The summed E-state index contributed by atoms with van der Waals surface area (Å²) in [5.74, 6) is 1.80. The second kappa shape index (κ2) is 3.99. The summed E-state index contributed by atoms with van der Waals surface area (Å²) in [7, 11) is 0. The van der Waals surface area contributed by atoms with Gasteiger partial charge in [-0.25, -0.2) is 0 Å². The van der Waals surface area contributed by atoms with Crippen molar-refractivity contribution in [1.82, 2.24) is 0 Å². The number of hydrogen-bond donors (Lipinski definition) is 1. The molecule has 0 spiro atoms. The van der Waals surface area contributed by atoms with Gasteiger partial charge in [-0.3, -0.25) is 0 Å². The molecule has 1 unspecified atom stereocenters. The van der Waals surface area contributed by atoms with Crippen LogP contribution in [-0.4, -0.2) is 5.11 Å². The number of aliphatic hydroxyl groups is 1. The maximum atomic E-state index is 10.2. The lowest BCUT2D eigenvalue weighted by atomic mass is 9.76. The molecule has 2 nitrogen and oxygen atoms in total. The van der Waals surface area contributed by atoms with E-state index in [0.29, 0.717) is 0 Å². The van der Waals surface area contributed by atoms with E-state index in [4.69, 9.17) is 4.42 Å². The minimum atomic E-state index is -0.398. The van der Waals surface area contributed by atoms with Gasteiger partial charge in [-0.1, -0.05) is 44.2 Å². The van der Waals surface area contributed by atoms with Gasteiger partial charge in [0.25, 0.3) is 0 Å². The van der Waals surface area contributed by atoms with E-state index in [0.717, 1.165) is 35.5 Å². The van der Waals surface area contributed by atoms with Gasteiger partial charge in [0.15, 0.2) is 0 Å². The minimum Gasteiger partial charge on any atom is -0.461 e. The zero-order valence-corrected chi connectivity index (χ0v) is 10.8. The van der Waals surface area contributed by atoms with Crippen molar-refractivity contribution in [3.63, 3.8) is 0 Å². The number of furan rings is 1. The first-order chi connectivity index (χ1) is 8.55. The predicted octanol–water partition coefficient (Wildman–Crippen LogP) is 3.95. The summed E-state index contributed by atoms with van der Waals surface area (Å²) in [4.78, 5) is 0. The maximum absolute atomic E-state index is 10.2. The average molecular weight is 242 g/mol. The predicted molar refractivity (Wildman–Crippen MR) is 71.2 cm³/mol. The van der Waals surface area contributed by atoms with Crippen LogP contribution in [0.1, 0.15) is 37.7 Å². The molecule has 0 fully saturated rings. The molecule has 2 heteroatoms. The third-order valence-electron chi connectivity index (χ3n) is 3.64. The van der Waals surface area contributed by atoms with Crippen molar-refractivity contribution in [1.29, 1.82) is 0 Å². The summed E-state index contributed by atoms with van der Waals surface area (Å²) in [6.07, 6.45) is 1.30. The minimum absolute atomic E-state index is 0.109. The molecule has 1 N–H and O–H groups in total. The Morgan fingerprint density at radius 1 is 1.22 bits per heavy atom. The molecule has 0 amide bonds. The lowest BCUT2D eigenvalue weighted by Gasteiger charge is -2.31. The first kappa shape index (κ1) is 11.5. The Kier molecular flexibility index (Phi) is 2.56. The molecule has 1 heterocycles. The summed E-state index contributed by atoms with van der Waals surface area (Å²) in [5, 5.41) is 10.2. The van der Waals surface area contributed by atoms with E-state index in [2.05, 4.69) is 13.8 Å². The molecular weight excluding hydrogens is 224 g/mol. The fourth-order valence-electron chi connectivity index (χ4n) is 2.75. The molecule has 3 rings (SSSR count). The van der Waals surface area contributed by atoms with E-state index in [1.807, 2.05) is 36.4 Å². The van der Waals surface area contributed by atoms with Crippen LogP contribution in [0.5, 0.6) is 0 Å². The standard InChI is InChI=1S/C16H18O2/c1-16(2)9-13(17)12-8-14(18-15(12)10-16)11-6-4-3-5-7-11/h3-8,13,17H,9-10H2,1-2H3. The zero-order chi connectivity index (χ0) is 12.8. The molecule has 1 aromatic heterocycles. The Morgan fingerprint density at radius 2 is 1.94 bits per heavy atom. The highest BCUT2D eigenvalue weighted by Gasteiger charge is 2.34. The van der Waals surface area contributed by atoms with Crippen molar-refractivity contribution >= 4 is 0 Å². The van der Waals surface area contributed by atoms with Gasteiger partial charge in [0.1, 0.15) is 11.5 Å². The first-order valence-electron chi connectivity index (χ1n) is 6.41. The van der Waals surface area contributed by atoms with Gasteiger partial charge >= 0.3 is 0 Å². The number of benzene rings is 1. The van der Waals surface area contributed by atoms with Crippen LogP contribution in [0, 0.1) is 5.41 Å². The second-order valence-electron chi connectivity index (χ2n) is 5.92. The fraction of sp³-hybridized carbons (Fsp3) is 0.375. The van der Waals surface area contributed by atoms with Crippen molar-refractivity contribution in [2.45, 2.75) is 32.8 Å². The Bertz CT molecular complexity index is 552. The van der Waals surface area contributed by atoms with Crippen LogP contribution in [0.4, 0.5) is 0 Å². The summed E-state index contributed by atoms with van der Waals surface area (Å²) < 4.78 is 5.94. The maximum Gasteiger partial charge on any atom is 0.134 e. The van der Waals surface area contributed by atoms with E-state index in [9.17, 15) is 5.11 Å². The van der Waals surface area contributed by atoms with Crippen LogP contribution in [0.3, 0.4) is 0 Å². The number of hydrogen-bond acceptors (Lipinski definition) is 2. The molecule has 0 aliphatic heterocycles. The Balaban J connectivity index is 2.03. The van der Waals surface area contributed by atoms with Gasteiger partial charge in [0, 0.05) is 17.5 Å². The third-order valence-corrected chi connectivity index (χ3v) is 3.64. The van der Waals surface area contributed by atoms with Gasteiger partial charge < -0.3 is 9.52 Å². The number of fused-ring (bicyclic) bond motifs is 1. The van der Waals surface area contributed by atoms with Crippen LogP contribution in [0.15, 0.2) is 40.8 Å². The van der Waals surface area contributed by atoms with E-state index >= 15 is 0 Å². The molecule has 0 radical (unpaired) electrons. The number of rotatable bonds is 1. The third kappa shape index (κ3) is 1.97. The van der Waals surface area contributed by atoms with Gasteiger partial charge in [-0.05, 0) is 17.9 Å². The monoisotopic (exact) mass is 242 g/mol. The number of aliphatic hydroxyl groups excluding tert-OH is 1. The topological polar surface area (TPSA) is 33.4 Å². The Hall–Kier alpha value is -1.54. The molecule has 18 heavy (non-hydrogen) atoms. The van der Waals surface area contributed by atoms with E-state index < -0.39 is 6.10 Å². The molecule has 0 saturated carbocycles. The van der Waals surface area contributed by atoms with Gasteiger partial charge in [0.05, 0.1) is 6.10 Å². The van der Waals surface area contributed by atoms with E-state index in [1.54, 1.807) is 0 Å². The van der Waals surface area contributed by atoms with Gasteiger partial charge in [-0.2, -0.15) is 0 Å². The fourth-order valence-corrected chi connectivity index (χ4v) is 2.75. The molecule has 2 aromatic rings. The molecule has 1 atom stereocenters. The molecule has 1 aliphatic carbocycles. The quantitative estimate of drug-likeness (QED) is 0.821. The molecule has 0 saturated heterocycles. The van der Waals surface area contributed by atoms with E-state index in [-0.39, 0.29) is 5.41 Å². The Labute approximate surface area is 107 Å². The van der Waals surface area contributed by atoms with Crippen molar-refractivity contribution in [2.75, 3.05) is 0 Å². The van der Waals surface area contributed by atoms with Gasteiger partial charge in [-0.15, -0.1) is 0 Å². The largest absolute Gasteiger partial charge is 0.461 e. The summed E-state index contributed by atoms with van der Waals surface area (Å²) in [6, 6.07) is 12.0. The highest BCUT2D eigenvalue weighted by molar-refractivity contribution is 5.59. The van der Waals surface area contributed by atoms with Crippen molar-refractivity contribution < 1.29 is 9.52 Å². The SMILES string of the molecule is CC1(C)Cc2oc(-c3ccccc3)cc2C(O)C1. The molecule has 1 aromatic carbocycles. The van der Waals surface area contributed by atoms with Crippen LogP contribution in [-0.2, 0) is 6.42 Å².